The van der Waals surface area contributed by atoms with Crippen molar-refractivity contribution in [2.75, 3.05) is 6.61 Å². The van der Waals surface area contributed by atoms with Crippen molar-refractivity contribution in [3.8, 4) is 0 Å². The number of hydrogen-bond acceptors (Lipinski definition) is 3. The van der Waals surface area contributed by atoms with Crippen LogP contribution in [0.2, 0.25) is 0 Å². The number of carboxylic acids is 1. The van der Waals surface area contributed by atoms with Crippen LogP contribution in [0, 0.1) is 6.92 Å². The van der Waals surface area contributed by atoms with Crippen molar-refractivity contribution in [2.45, 2.75) is 19.7 Å². The molecule has 0 unspecified atom stereocenters. The highest BCUT2D eigenvalue weighted by Crippen LogP contribution is 2.16. The van der Waals surface area contributed by atoms with Crippen LogP contribution in [-0.2, 0) is 11.3 Å². The van der Waals surface area contributed by atoms with E-state index < -0.39 is 25.4 Å². The van der Waals surface area contributed by atoms with Crippen LogP contribution in [-0.4, -0.2) is 28.8 Å². The molecule has 0 saturated heterocycles. The van der Waals surface area contributed by atoms with E-state index in [-0.39, 0.29) is 11.3 Å². The third-order valence-electron chi connectivity index (χ3n) is 1.85. The number of alkyl halides is 3. The average Bonchev–Trinajstić information content (AvgIpc) is 2.15. The van der Waals surface area contributed by atoms with Crippen LogP contribution in [0.5, 0.6) is 0 Å². The summed E-state index contributed by atoms with van der Waals surface area (Å²) in [5.74, 6) is -1.25. The predicted octanol–water partition coefficient (Wildman–Crippen LogP) is 2.17. The van der Waals surface area contributed by atoms with Gasteiger partial charge >= 0.3 is 12.1 Å². The first-order valence-corrected chi connectivity index (χ1v) is 4.64. The lowest BCUT2D eigenvalue weighted by Crippen LogP contribution is -2.18. The molecule has 0 radical (unpaired) electrons. The van der Waals surface area contributed by atoms with Crippen LogP contribution in [0.15, 0.2) is 12.1 Å². The molecular formula is C10H10F3NO3. The van der Waals surface area contributed by atoms with Gasteiger partial charge in [0.05, 0.1) is 17.9 Å². The number of aromatic carboxylic acids is 1. The van der Waals surface area contributed by atoms with E-state index in [0.717, 1.165) is 0 Å². The number of halogens is 3. The topological polar surface area (TPSA) is 59.4 Å². The van der Waals surface area contributed by atoms with Crippen molar-refractivity contribution < 1.29 is 27.8 Å². The highest BCUT2D eigenvalue weighted by atomic mass is 19.4. The lowest BCUT2D eigenvalue weighted by Gasteiger charge is -2.09. The van der Waals surface area contributed by atoms with Crippen LogP contribution in [0.1, 0.15) is 21.7 Å². The molecule has 4 nitrogen and oxygen atoms in total. The number of aryl methyl sites for hydroxylation is 1. The molecule has 0 aromatic carbocycles. The Morgan fingerprint density at radius 2 is 2.12 bits per heavy atom. The van der Waals surface area contributed by atoms with Crippen molar-refractivity contribution >= 4 is 5.97 Å². The SMILES string of the molecule is Cc1ccc(C(=O)O)c(COCC(F)(F)F)n1. The zero-order valence-electron chi connectivity index (χ0n) is 8.91. The monoisotopic (exact) mass is 249 g/mol. The molecule has 0 fully saturated rings. The lowest BCUT2D eigenvalue weighted by molar-refractivity contribution is -0.176. The molecule has 0 bridgehead atoms. The summed E-state index contributed by atoms with van der Waals surface area (Å²) in [7, 11) is 0. The first-order chi connectivity index (χ1) is 7.79. The number of aromatic nitrogens is 1. The molecule has 0 saturated carbocycles. The summed E-state index contributed by atoms with van der Waals surface area (Å²) < 4.78 is 39.9. The highest BCUT2D eigenvalue weighted by molar-refractivity contribution is 5.88. The van der Waals surface area contributed by atoms with Crippen LogP contribution in [0.3, 0.4) is 0 Å². The van der Waals surface area contributed by atoms with E-state index >= 15 is 0 Å². The van der Waals surface area contributed by atoms with Gasteiger partial charge in [0.1, 0.15) is 6.61 Å². The second-order valence-corrected chi connectivity index (χ2v) is 3.36. The van der Waals surface area contributed by atoms with Gasteiger partial charge in [-0.3, -0.25) is 4.98 Å². The molecule has 0 atom stereocenters. The van der Waals surface area contributed by atoms with E-state index in [4.69, 9.17) is 5.11 Å². The van der Waals surface area contributed by atoms with E-state index in [2.05, 4.69) is 9.72 Å². The van der Waals surface area contributed by atoms with Gasteiger partial charge in [-0.15, -0.1) is 0 Å². The Labute approximate surface area is 95.0 Å². The fraction of sp³-hybridized carbons (Fsp3) is 0.400. The minimum absolute atomic E-state index is 0.0123. The number of carboxylic acid groups (broad SMARTS) is 1. The van der Waals surface area contributed by atoms with Crippen molar-refractivity contribution in [3.05, 3.63) is 29.1 Å². The Morgan fingerprint density at radius 1 is 1.47 bits per heavy atom. The smallest absolute Gasteiger partial charge is 0.411 e. The maximum absolute atomic E-state index is 11.8. The van der Waals surface area contributed by atoms with Gasteiger partial charge in [0.15, 0.2) is 0 Å². The maximum Gasteiger partial charge on any atom is 0.411 e. The summed E-state index contributed by atoms with van der Waals surface area (Å²) in [6.07, 6.45) is -4.44. The van der Waals surface area contributed by atoms with E-state index in [1.807, 2.05) is 0 Å². The quantitative estimate of drug-likeness (QED) is 0.888. The predicted molar refractivity (Wildman–Crippen MR) is 51.6 cm³/mol. The van der Waals surface area contributed by atoms with E-state index in [0.29, 0.717) is 5.69 Å². The van der Waals surface area contributed by atoms with E-state index in [1.54, 1.807) is 6.92 Å². The molecule has 1 heterocycles. The number of carbonyl (C=O) groups is 1. The van der Waals surface area contributed by atoms with Crippen LogP contribution < -0.4 is 0 Å². The Bertz CT molecular complexity index is 418. The zero-order chi connectivity index (χ0) is 13.1. The molecule has 94 valence electrons. The zero-order valence-corrected chi connectivity index (χ0v) is 8.91. The van der Waals surface area contributed by atoms with Crippen LogP contribution >= 0.6 is 0 Å². The summed E-state index contributed by atoms with van der Waals surface area (Å²) in [5, 5.41) is 8.80. The number of pyridine rings is 1. The lowest BCUT2D eigenvalue weighted by atomic mass is 10.2. The van der Waals surface area contributed by atoms with Crippen molar-refractivity contribution in [3.63, 3.8) is 0 Å². The number of rotatable bonds is 4. The first kappa shape index (κ1) is 13.4. The van der Waals surface area contributed by atoms with Crippen molar-refractivity contribution in [2.24, 2.45) is 0 Å². The number of ether oxygens (including phenoxy) is 1. The molecule has 1 N–H and O–H groups in total. The molecule has 17 heavy (non-hydrogen) atoms. The van der Waals surface area contributed by atoms with E-state index in [9.17, 15) is 18.0 Å². The highest BCUT2D eigenvalue weighted by Gasteiger charge is 2.27. The van der Waals surface area contributed by atoms with Crippen LogP contribution in [0.4, 0.5) is 13.2 Å². The van der Waals surface area contributed by atoms with Gasteiger partial charge in [0.2, 0.25) is 0 Å². The number of hydrogen-bond donors (Lipinski definition) is 1. The molecule has 0 aliphatic carbocycles. The van der Waals surface area contributed by atoms with Gasteiger partial charge in [0.25, 0.3) is 0 Å². The van der Waals surface area contributed by atoms with Gasteiger partial charge in [0, 0.05) is 5.69 Å². The molecule has 1 aromatic heterocycles. The Hall–Kier alpha value is -1.63. The van der Waals surface area contributed by atoms with Gasteiger partial charge in [-0.1, -0.05) is 0 Å². The molecule has 1 rings (SSSR count). The first-order valence-electron chi connectivity index (χ1n) is 4.64. The average molecular weight is 249 g/mol. The molecule has 0 aliphatic rings. The molecular weight excluding hydrogens is 239 g/mol. The van der Waals surface area contributed by atoms with Gasteiger partial charge in [-0.25, -0.2) is 4.79 Å². The minimum atomic E-state index is -4.44. The summed E-state index contributed by atoms with van der Waals surface area (Å²) in [6, 6.07) is 2.76. The normalized spacial score (nSPS) is 11.5. The second kappa shape index (κ2) is 5.13. The fourth-order valence-corrected chi connectivity index (χ4v) is 1.18. The molecule has 0 aliphatic heterocycles. The molecule has 1 aromatic rings. The molecule has 0 amide bonds. The summed E-state index contributed by atoms with van der Waals surface area (Å²) in [5.41, 5.74) is 0.347. The third-order valence-corrected chi connectivity index (χ3v) is 1.85. The van der Waals surface area contributed by atoms with Gasteiger partial charge in [-0.2, -0.15) is 13.2 Å². The maximum atomic E-state index is 11.8. The number of nitrogens with zero attached hydrogens (tertiary/aromatic N) is 1. The Kier molecular flexibility index (Phi) is 4.06. The van der Waals surface area contributed by atoms with Crippen molar-refractivity contribution in [1.29, 1.82) is 0 Å². The minimum Gasteiger partial charge on any atom is -0.478 e. The Morgan fingerprint density at radius 3 is 2.65 bits per heavy atom. The summed E-state index contributed by atoms with van der Waals surface area (Å²) in [6.45, 7) is -0.302. The summed E-state index contributed by atoms with van der Waals surface area (Å²) in [4.78, 5) is 14.6. The second-order valence-electron chi connectivity index (χ2n) is 3.36. The van der Waals surface area contributed by atoms with Gasteiger partial charge in [-0.05, 0) is 19.1 Å². The Balaban J connectivity index is 2.75. The van der Waals surface area contributed by atoms with Gasteiger partial charge < -0.3 is 9.84 Å². The fourth-order valence-electron chi connectivity index (χ4n) is 1.18. The third kappa shape index (κ3) is 4.39. The van der Waals surface area contributed by atoms with Crippen molar-refractivity contribution in [1.82, 2.24) is 4.98 Å². The molecule has 0 spiro atoms. The molecule has 7 heteroatoms. The van der Waals surface area contributed by atoms with E-state index in [1.165, 1.54) is 12.1 Å². The van der Waals surface area contributed by atoms with Crippen LogP contribution in [0.25, 0.3) is 0 Å². The largest absolute Gasteiger partial charge is 0.478 e. The summed E-state index contributed by atoms with van der Waals surface area (Å²) >= 11 is 0. The standard InChI is InChI=1S/C10H10F3NO3/c1-6-2-3-7(9(15)16)8(14-6)4-17-5-10(11,12)13/h2-3H,4-5H2,1H3,(H,15,16).